The van der Waals surface area contributed by atoms with Crippen LogP contribution < -0.4 is 0 Å². The highest BCUT2D eigenvalue weighted by Crippen LogP contribution is 2.13. The summed E-state index contributed by atoms with van der Waals surface area (Å²) in [7, 11) is 0. The molecule has 1 atom stereocenters. The second-order valence-electron chi connectivity index (χ2n) is 20.2. The summed E-state index contributed by atoms with van der Waals surface area (Å²) in [5.41, 5.74) is 0. The molecule has 446 valence electrons. The Morgan fingerprint density at radius 2 is 0.512 bits per heavy atom. The van der Waals surface area contributed by atoms with Crippen LogP contribution in [0.15, 0.2) is 182 Å². The van der Waals surface area contributed by atoms with E-state index >= 15 is 0 Å². The van der Waals surface area contributed by atoms with Gasteiger partial charge < -0.3 is 14.2 Å². The first kappa shape index (κ1) is 74.5. The molecule has 0 heterocycles. The molecule has 0 aromatic rings. The molecule has 0 radical (unpaired) electrons. The van der Waals surface area contributed by atoms with Gasteiger partial charge in [0, 0.05) is 19.3 Å². The van der Waals surface area contributed by atoms with E-state index in [-0.39, 0.29) is 44.0 Å². The van der Waals surface area contributed by atoms with Crippen molar-refractivity contribution in [2.75, 3.05) is 13.2 Å². The molecule has 0 aliphatic rings. The number of ether oxygens (including phenoxy) is 3. The average molecular weight is 1100 g/mol. The highest BCUT2D eigenvalue weighted by atomic mass is 16.6. The van der Waals surface area contributed by atoms with Crippen LogP contribution in [0.5, 0.6) is 0 Å². The number of carbonyl (C=O) groups excluding carboxylic acids is 3. The number of unbranched alkanes of at least 4 members (excludes halogenated alkanes) is 14. The molecule has 0 spiro atoms. The van der Waals surface area contributed by atoms with Gasteiger partial charge in [0.2, 0.25) is 0 Å². The lowest BCUT2D eigenvalue weighted by atomic mass is 10.1. The third kappa shape index (κ3) is 63.3. The van der Waals surface area contributed by atoms with E-state index in [0.29, 0.717) is 12.8 Å². The smallest absolute Gasteiger partial charge is 0.306 e. The first-order valence-corrected chi connectivity index (χ1v) is 31.8. The molecule has 0 amide bonds. The van der Waals surface area contributed by atoms with E-state index in [1.54, 1.807) is 0 Å². The van der Waals surface area contributed by atoms with E-state index in [1.807, 2.05) is 12.2 Å². The van der Waals surface area contributed by atoms with Crippen molar-refractivity contribution in [1.82, 2.24) is 0 Å². The van der Waals surface area contributed by atoms with Crippen LogP contribution in [-0.4, -0.2) is 37.2 Å². The second kappa shape index (κ2) is 66.0. The molecule has 6 nitrogen and oxygen atoms in total. The van der Waals surface area contributed by atoms with Crippen LogP contribution in [0.1, 0.15) is 245 Å². The first-order valence-electron chi connectivity index (χ1n) is 31.8. The number of rotatable bonds is 55. The Hall–Kier alpha value is -5.49. The molecule has 0 bridgehead atoms. The molecule has 0 saturated carbocycles. The van der Waals surface area contributed by atoms with Crippen LogP contribution in [0.3, 0.4) is 0 Å². The summed E-state index contributed by atoms with van der Waals surface area (Å²) in [6.45, 7) is 6.28. The van der Waals surface area contributed by atoms with Gasteiger partial charge in [0.15, 0.2) is 6.10 Å². The van der Waals surface area contributed by atoms with Crippen LogP contribution >= 0.6 is 0 Å². The maximum Gasteiger partial charge on any atom is 0.306 e. The molecular weight excluding hydrogens is 985 g/mol. The van der Waals surface area contributed by atoms with Crippen LogP contribution in [0.2, 0.25) is 0 Å². The fourth-order valence-corrected chi connectivity index (χ4v) is 7.95. The second-order valence-corrected chi connectivity index (χ2v) is 20.2. The minimum atomic E-state index is -0.836. The van der Waals surface area contributed by atoms with E-state index in [2.05, 4.69) is 191 Å². The predicted octanol–water partition coefficient (Wildman–Crippen LogP) is 22.0. The van der Waals surface area contributed by atoms with Crippen molar-refractivity contribution in [3.8, 4) is 0 Å². The van der Waals surface area contributed by atoms with Gasteiger partial charge in [-0.25, -0.2) is 0 Å². The van der Waals surface area contributed by atoms with Crippen LogP contribution in [-0.2, 0) is 28.6 Å². The molecule has 0 aromatic carbocycles. The lowest BCUT2D eigenvalue weighted by Crippen LogP contribution is -2.30. The number of carbonyl (C=O) groups is 3. The van der Waals surface area contributed by atoms with Crippen molar-refractivity contribution in [3.05, 3.63) is 182 Å². The molecule has 0 N–H and O–H groups in total. The van der Waals surface area contributed by atoms with Gasteiger partial charge in [0.25, 0.3) is 0 Å². The Bertz CT molecular complexity index is 1890. The Morgan fingerprint density at radius 1 is 0.263 bits per heavy atom. The predicted molar refractivity (Wildman–Crippen MR) is 348 cm³/mol. The highest BCUT2D eigenvalue weighted by Gasteiger charge is 2.19. The molecule has 0 aliphatic heterocycles. The molecule has 0 rings (SSSR count). The first-order chi connectivity index (χ1) is 39.5. The zero-order chi connectivity index (χ0) is 57.8. The van der Waals surface area contributed by atoms with Gasteiger partial charge in [-0.05, 0) is 148 Å². The van der Waals surface area contributed by atoms with Crippen LogP contribution in [0, 0.1) is 0 Å². The SMILES string of the molecule is CC/C=C\C/C=C\C/C=C\C/C=C\C/C=C\C/C=C\C/C=C\C/C=C\C/C=C\CCCCCC(=O)OCC(COC(=O)CC/C=C\C/C=C\C/C=C\C/C=C\CC)OC(=O)CCCCCCCCC/C=C\C/C=C\CCCCCC. The van der Waals surface area contributed by atoms with E-state index in [4.69, 9.17) is 14.2 Å². The number of allylic oxidation sites excluding steroid dienone is 30. The Labute approximate surface area is 491 Å². The average Bonchev–Trinajstić information content (AvgIpc) is 3.46. The third-order valence-corrected chi connectivity index (χ3v) is 12.6. The normalized spacial score (nSPS) is 13.4. The summed E-state index contributed by atoms with van der Waals surface area (Å²) >= 11 is 0. The zero-order valence-electron chi connectivity index (χ0n) is 51.0. The fourth-order valence-electron chi connectivity index (χ4n) is 7.95. The van der Waals surface area contributed by atoms with Crippen molar-refractivity contribution in [2.24, 2.45) is 0 Å². The van der Waals surface area contributed by atoms with E-state index in [1.165, 1.54) is 51.4 Å². The molecule has 1 unspecified atom stereocenters. The van der Waals surface area contributed by atoms with Gasteiger partial charge in [-0.1, -0.05) is 261 Å². The van der Waals surface area contributed by atoms with Crippen molar-refractivity contribution in [1.29, 1.82) is 0 Å². The quantitative estimate of drug-likeness (QED) is 0.0261. The summed E-state index contributed by atoms with van der Waals surface area (Å²) in [4.78, 5) is 38.2. The van der Waals surface area contributed by atoms with Crippen molar-refractivity contribution < 1.29 is 28.6 Å². The van der Waals surface area contributed by atoms with Gasteiger partial charge in [0.05, 0.1) is 0 Å². The van der Waals surface area contributed by atoms with Crippen LogP contribution in [0.25, 0.3) is 0 Å². The minimum absolute atomic E-state index is 0.130. The van der Waals surface area contributed by atoms with Crippen molar-refractivity contribution >= 4 is 17.9 Å². The van der Waals surface area contributed by atoms with Crippen molar-refractivity contribution in [2.45, 2.75) is 252 Å². The highest BCUT2D eigenvalue weighted by molar-refractivity contribution is 5.71. The molecule has 0 aliphatic carbocycles. The Morgan fingerprint density at radius 3 is 0.850 bits per heavy atom. The molecular formula is C74H114O6. The Kier molecular flexibility index (Phi) is 61.5. The summed E-state index contributed by atoms with van der Waals surface area (Å²) in [6.07, 6.45) is 99.1. The summed E-state index contributed by atoms with van der Waals surface area (Å²) in [6, 6.07) is 0. The maximum atomic E-state index is 12.9. The summed E-state index contributed by atoms with van der Waals surface area (Å²) < 4.78 is 16.8. The fraction of sp³-hybridized carbons (Fsp3) is 0.554. The number of hydrogen-bond donors (Lipinski definition) is 0. The van der Waals surface area contributed by atoms with Gasteiger partial charge >= 0.3 is 17.9 Å². The topological polar surface area (TPSA) is 78.9 Å². The van der Waals surface area contributed by atoms with Crippen LogP contribution in [0.4, 0.5) is 0 Å². The lowest BCUT2D eigenvalue weighted by Gasteiger charge is -2.18. The standard InChI is InChI=1S/C74H114O6/c1-4-7-10-13-16-19-22-25-27-29-31-32-33-34-35-36-37-38-39-40-41-42-43-45-46-49-52-55-58-61-64-67-73(76)79-70-71(69-78-72(75)66-63-60-57-54-51-48-24-21-18-15-12-9-6-3)80-74(77)68-65-62-59-56-53-50-47-44-30-28-26-23-20-17-14-11-8-5-2/h7,9-10,12,16,18-21,23,25,27-28,30-32,34-35,37-38,40-41,43,45,48-49,51-52,57,60,71H,4-6,8,11,13-15,17,22,24,26,29,33,36,39,42,44,46-47,50,53-56,58-59,61-70H2,1-3H3/b10-7-,12-9-,19-16-,21-18-,23-20-,27-25-,30-28-,32-31-,35-34-,38-37-,41-40-,45-43-,51-48-,52-49-,60-57-. The Balaban J connectivity index is 4.47. The zero-order valence-corrected chi connectivity index (χ0v) is 51.0. The van der Waals surface area contributed by atoms with Gasteiger partial charge in [-0.2, -0.15) is 0 Å². The molecule has 6 heteroatoms. The van der Waals surface area contributed by atoms with E-state index in [0.717, 1.165) is 148 Å². The van der Waals surface area contributed by atoms with Gasteiger partial charge in [-0.3, -0.25) is 14.4 Å². The van der Waals surface area contributed by atoms with E-state index < -0.39 is 6.10 Å². The van der Waals surface area contributed by atoms with Crippen molar-refractivity contribution in [3.63, 3.8) is 0 Å². The monoisotopic (exact) mass is 1100 g/mol. The summed E-state index contributed by atoms with van der Waals surface area (Å²) in [5.74, 6) is -1.06. The maximum absolute atomic E-state index is 12.9. The molecule has 0 saturated heterocycles. The molecule has 0 fully saturated rings. The molecule has 0 aromatic heterocycles. The van der Waals surface area contributed by atoms with E-state index in [9.17, 15) is 14.4 Å². The minimum Gasteiger partial charge on any atom is -0.462 e. The summed E-state index contributed by atoms with van der Waals surface area (Å²) in [5, 5.41) is 0. The van der Waals surface area contributed by atoms with Gasteiger partial charge in [-0.15, -0.1) is 0 Å². The number of esters is 3. The number of hydrogen-bond acceptors (Lipinski definition) is 6. The largest absolute Gasteiger partial charge is 0.462 e. The van der Waals surface area contributed by atoms with Gasteiger partial charge in [0.1, 0.15) is 13.2 Å². The lowest BCUT2D eigenvalue weighted by molar-refractivity contribution is -0.166. The molecule has 80 heavy (non-hydrogen) atoms. The third-order valence-electron chi connectivity index (χ3n) is 12.6.